The van der Waals surface area contributed by atoms with Gasteiger partial charge in [-0.3, -0.25) is 9.59 Å². The van der Waals surface area contributed by atoms with Gasteiger partial charge in [-0.15, -0.1) is 0 Å². The number of alkyl halides is 2. The number of carbonyl (C=O) groups is 3. The van der Waals surface area contributed by atoms with Crippen LogP contribution in [0.15, 0.2) is 41.3 Å². The summed E-state index contributed by atoms with van der Waals surface area (Å²) in [5.41, 5.74) is 3.74. The molecular formula is C21H22F2N2O4S. The van der Waals surface area contributed by atoms with Gasteiger partial charge >= 0.3 is 5.97 Å². The fourth-order valence-corrected chi connectivity index (χ4v) is 3.28. The lowest BCUT2D eigenvalue weighted by molar-refractivity contribution is -0.126. The summed E-state index contributed by atoms with van der Waals surface area (Å²) in [6.45, 7) is 4.88. The van der Waals surface area contributed by atoms with Gasteiger partial charge in [0.05, 0.1) is 12.1 Å². The first-order valence-corrected chi connectivity index (χ1v) is 9.90. The number of halogens is 2. The monoisotopic (exact) mass is 436 g/mol. The first-order valence-electron chi connectivity index (χ1n) is 9.02. The van der Waals surface area contributed by atoms with Crippen molar-refractivity contribution < 1.29 is 27.9 Å². The van der Waals surface area contributed by atoms with Gasteiger partial charge in [0.2, 0.25) is 5.91 Å². The number of hydrogen-bond acceptors (Lipinski definition) is 5. The predicted octanol–water partition coefficient (Wildman–Crippen LogP) is 3.84. The second-order valence-corrected chi connectivity index (χ2v) is 7.64. The number of hydrogen-bond donors (Lipinski definition) is 2. The van der Waals surface area contributed by atoms with Gasteiger partial charge in [0, 0.05) is 10.6 Å². The Hall–Kier alpha value is -2.94. The van der Waals surface area contributed by atoms with Crippen molar-refractivity contribution in [3.63, 3.8) is 0 Å². The van der Waals surface area contributed by atoms with E-state index in [9.17, 15) is 23.2 Å². The van der Waals surface area contributed by atoms with Gasteiger partial charge in [-0.05, 0) is 56.2 Å². The zero-order valence-electron chi connectivity index (χ0n) is 16.8. The maximum atomic E-state index is 12.3. The molecule has 2 rings (SSSR count). The maximum absolute atomic E-state index is 12.3. The van der Waals surface area contributed by atoms with E-state index in [-0.39, 0.29) is 12.1 Å². The van der Waals surface area contributed by atoms with Crippen LogP contribution in [-0.4, -0.2) is 36.7 Å². The van der Waals surface area contributed by atoms with Gasteiger partial charge in [0.25, 0.3) is 11.7 Å². The van der Waals surface area contributed by atoms with E-state index in [1.165, 1.54) is 24.3 Å². The van der Waals surface area contributed by atoms with Gasteiger partial charge < -0.3 is 15.4 Å². The molecular weight excluding hydrogens is 414 g/mol. The van der Waals surface area contributed by atoms with Gasteiger partial charge in [-0.25, -0.2) is 4.79 Å². The summed E-state index contributed by atoms with van der Waals surface area (Å²) in [5, 5.41) is 5.13. The van der Waals surface area contributed by atoms with Crippen molar-refractivity contribution in [2.24, 2.45) is 0 Å². The van der Waals surface area contributed by atoms with E-state index in [1.54, 1.807) is 0 Å². The Bertz CT molecular complexity index is 910. The van der Waals surface area contributed by atoms with Crippen LogP contribution in [0.25, 0.3) is 0 Å². The quantitative estimate of drug-likeness (QED) is 0.485. The molecule has 160 valence electrons. The number of nitrogens with one attached hydrogen (secondary N) is 2. The zero-order chi connectivity index (χ0) is 22.3. The molecule has 2 amide bonds. The molecule has 2 N–H and O–H groups in total. The van der Waals surface area contributed by atoms with Crippen molar-refractivity contribution in [2.45, 2.75) is 31.4 Å². The van der Waals surface area contributed by atoms with Crippen molar-refractivity contribution in [3.05, 3.63) is 58.7 Å². The van der Waals surface area contributed by atoms with Crippen LogP contribution in [0.3, 0.4) is 0 Å². The molecule has 0 aliphatic heterocycles. The molecule has 2 aromatic rings. The fraction of sp³-hybridized carbons (Fsp3) is 0.286. The lowest BCUT2D eigenvalue weighted by Crippen LogP contribution is -2.35. The van der Waals surface area contributed by atoms with Crippen LogP contribution >= 0.6 is 11.8 Å². The molecule has 9 heteroatoms. The highest BCUT2D eigenvalue weighted by Gasteiger charge is 2.13. The molecule has 0 unspecified atom stereocenters. The number of ether oxygens (including phenoxy) is 1. The van der Waals surface area contributed by atoms with Crippen LogP contribution in [0.1, 0.15) is 27.0 Å². The van der Waals surface area contributed by atoms with Crippen LogP contribution in [0, 0.1) is 20.8 Å². The minimum Gasteiger partial charge on any atom is -0.452 e. The normalized spacial score (nSPS) is 10.6. The Morgan fingerprint density at radius 3 is 2.17 bits per heavy atom. The molecule has 30 heavy (non-hydrogen) atoms. The lowest BCUT2D eigenvalue weighted by Gasteiger charge is -2.13. The smallest absolute Gasteiger partial charge is 0.338 e. The van der Waals surface area contributed by atoms with Crippen LogP contribution in [0.2, 0.25) is 0 Å². The van der Waals surface area contributed by atoms with E-state index < -0.39 is 30.1 Å². The standard InChI is InChI=1S/C21H22F2N2O4S/c1-12-8-13(2)19(14(3)9-12)25-17(26)10-24-18(27)11-29-20(28)15-4-6-16(7-5-15)30-21(22)23/h4-9,21H,10-11H2,1-3H3,(H,24,27)(H,25,26). The van der Waals surface area contributed by atoms with Crippen LogP contribution in [-0.2, 0) is 14.3 Å². The molecule has 0 saturated heterocycles. The summed E-state index contributed by atoms with van der Waals surface area (Å²) in [5.74, 6) is -4.37. The van der Waals surface area contributed by atoms with Crippen molar-refractivity contribution in [3.8, 4) is 0 Å². The number of rotatable bonds is 8. The molecule has 0 spiro atoms. The summed E-state index contributed by atoms with van der Waals surface area (Å²) in [6.07, 6.45) is 0. The summed E-state index contributed by atoms with van der Waals surface area (Å²) in [4.78, 5) is 36.2. The maximum Gasteiger partial charge on any atom is 0.338 e. The predicted molar refractivity (Wildman–Crippen MR) is 111 cm³/mol. The molecule has 2 aromatic carbocycles. The largest absolute Gasteiger partial charge is 0.452 e. The molecule has 0 aliphatic carbocycles. The van der Waals surface area contributed by atoms with E-state index in [1.807, 2.05) is 32.9 Å². The Morgan fingerprint density at radius 2 is 1.60 bits per heavy atom. The van der Waals surface area contributed by atoms with Crippen molar-refractivity contribution in [2.75, 3.05) is 18.5 Å². The molecule has 0 radical (unpaired) electrons. The Kier molecular flexibility index (Phi) is 8.35. The van der Waals surface area contributed by atoms with Gasteiger partial charge in [-0.2, -0.15) is 8.78 Å². The highest BCUT2D eigenvalue weighted by Crippen LogP contribution is 2.25. The highest BCUT2D eigenvalue weighted by molar-refractivity contribution is 7.99. The third-order valence-electron chi connectivity index (χ3n) is 4.04. The first kappa shape index (κ1) is 23.3. The zero-order valence-corrected chi connectivity index (χ0v) is 17.6. The van der Waals surface area contributed by atoms with Crippen molar-refractivity contribution in [1.29, 1.82) is 0 Å². The van der Waals surface area contributed by atoms with Gasteiger partial charge in [0.1, 0.15) is 0 Å². The van der Waals surface area contributed by atoms with Crippen LogP contribution < -0.4 is 10.6 Å². The number of anilines is 1. The number of benzene rings is 2. The SMILES string of the molecule is Cc1cc(C)c(NC(=O)CNC(=O)COC(=O)c2ccc(SC(F)F)cc2)c(C)c1. The molecule has 0 aliphatic rings. The summed E-state index contributed by atoms with van der Waals surface area (Å²) in [6, 6.07) is 9.30. The number of amides is 2. The van der Waals surface area contributed by atoms with E-state index in [4.69, 9.17) is 4.74 Å². The summed E-state index contributed by atoms with van der Waals surface area (Å²) < 4.78 is 29.5. The van der Waals surface area contributed by atoms with Gasteiger partial charge in [0.15, 0.2) is 6.61 Å². The summed E-state index contributed by atoms with van der Waals surface area (Å²) in [7, 11) is 0. The third kappa shape index (κ3) is 7.14. The molecule has 0 atom stereocenters. The molecule has 6 nitrogen and oxygen atoms in total. The Morgan fingerprint density at radius 1 is 1.00 bits per heavy atom. The van der Waals surface area contributed by atoms with E-state index in [0.717, 1.165) is 16.7 Å². The van der Waals surface area contributed by atoms with Crippen LogP contribution in [0.5, 0.6) is 0 Å². The highest BCUT2D eigenvalue weighted by atomic mass is 32.2. The fourth-order valence-electron chi connectivity index (χ4n) is 2.78. The topological polar surface area (TPSA) is 84.5 Å². The molecule has 0 bridgehead atoms. The number of thioether (sulfide) groups is 1. The lowest BCUT2D eigenvalue weighted by atomic mass is 10.1. The number of aryl methyl sites for hydroxylation is 3. The number of esters is 1. The average Bonchev–Trinajstić information content (AvgIpc) is 2.67. The molecule has 0 fully saturated rings. The van der Waals surface area contributed by atoms with Crippen molar-refractivity contribution >= 4 is 35.2 Å². The van der Waals surface area contributed by atoms with E-state index in [2.05, 4.69) is 10.6 Å². The summed E-state index contributed by atoms with van der Waals surface area (Å²) >= 11 is 0.362. The van der Waals surface area contributed by atoms with Crippen molar-refractivity contribution in [1.82, 2.24) is 5.32 Å². The van der Waals surface area contributed by atoms with E-state index >= 15 is 0 Å². The van der Waals surface area contributed by atoms with Crippen LogP contribution in [0.4, 0.5) is 14.5 Å². The third-order valence-corrected chi connectivity index (χ3v) is 4.76. The second kappa shape index (κ2) is 10.7. The minimum absolute atomic E-state index is 0.129. The molecule has 0 heterocycles. The Labute approximate surface area is 177 Å². The molecule has 0 aromatic heterocycles. The molecule has 0 saturated carbocycles. The van der Waals surface area contributed by atoms with E-state index in [0.29, 0.717) is 22.3 Å². The average molecular weight is 436 g/mol. The Balaban J connectivity index is 1.78. The first-order chi connectivity index (χ1) is 14.2. The second-order valence-electron chi connectivity index (χ2n) is 6.58. The minimum atomic E-state index is -2.55. The number of carbonyl (C=O) groups excluding carboxylic acids is 3. The van der Waals surface area contributed by atoms with Gasteiger partial charge in [-0.1, -0.05) is 29.5 Å².